The summed E-state index contributed by atoms with van der Waals surface area (Å²) >= 11 is 0. The first kappa shape index (κ1) is 14.6. The van der Waals surface area contributed by atoms with Gasteiger partial charge >= 0.3 is 0 Å². The van der Waals surface area contributed by atoms with Gasteiger partial charge in [0, 0.05) is 0 Å². The zero-order chi connectivity index (χ0) is 15.5. The Bertz CT molecular complexity index is 581. The number of fused-ring (bicyclic) bond motifs is 5. The van der Waals surface area contributed by atoms with E-state index in [0.29, 0.717) is 23.5 Å². The quantitative estimate of drug-likeness (QED) is 0.814. The van der Waals surface area contributed by atoms with E-state index in [1.54, 1.807) is 0 Å². The van der Waals surface area contributed by atoms with Crippen LogP contribution in [0.4, 0.5) is 0 Å². The summed E-state index contributed by atoms with van der Waals surface area (Å²) in [6.45, 7) is 4.65. The Balaban J connectivity index is 1.78. The van der Waals surface area contributed by atoms with Gasteiger partial charge in [-0.1, -0.05) is 26.3 Å². The lowest BCUT2D eigenvalue weighted by molar-refractivity contribution is -0.0487. The minimum atomic E-state index is -0.103. The summed E-state index contributed by atoms with van der Waals surface area (Å²) in [5.74, 6) is 3.11. The standard InChI is InChI=1S/C20H28O2/c1-3-12-11-20(2)17(8-9-18(20)22)16-6-4-13-10-14(21)5-7-15(13)19(12)16/h5,7,10,12,16-19,21-22H,3-4,6,8-9,11H2,1-2H3. The van der Waals surface area contributed by atoms with E-state index in [1.165, 1.54) is 30.4 Å². The first-order chi connectivity index (χ1) is 10.5. The number of phenols is 1. The van der Waals surface area contributed by atoms with Crippen LogP contribution in [0.1, 0.15) is 63.0 Å². The van der Waals surface area contributed by atoms with Gasteiger partial charge in [0.05, 0.1) is 6.10 Å². The fraction of sp³-hybridized carbons (Fsp3) is 0.700. The number of aromatic hydroxyl groups is 1. The van der Waals surface area contributed by atoms with E-state index in [9.17, 15) is 10.2 Å². The van der Waals surface area contributed by atoms with Crippen molar-refractivity contribution in [3.05, 3.63) is 29.3 Å². The second-order valence-corrected chi connectivity index (χ2v) is 8.19. The first-order valence-electron chi connectivity index (χ1n) is 9.04. The molecule has 2 fully saturated rings. The Kier molecular flexibility index (Phi) is 3.30. The van der Waals surface area contributed by atoms with Gasteiger partial charge in [0.25, 0.3) is 0 Å². The van der Waals surface area contributed by atoms with E-state index < -0.39 is 0 Å². The number of aryl methyl sites for hydroxylation is 1. The molecule has 2 nitrogen and oxygen atoms in total. The molecule has 0 saturated heterocycles. The smallest absolute Gasteiger partial charge is 0.115 e. The number of benzene rings is 1. The zero-order valence-electron chi connectivity index (χ0n) is 13.8. The normalized spacial score (nSPS) is 43.3. The molecule has 1 aromatic rings. The van der Waals surface area contributed by atoms with Crippen LogP contribution in [0.25, 0.3) is 0 Å². The van der Waals surface area contributed by atoms with Crippen molar-refractivity contribution in [2.45, 2.75) is 64.4 Å². The lowest BCUT2D eigenvalue weighted by Crippen LogP contribution is -2.47. The Morgan fingerprint density at radius 1 is 1.23 bits per heavy atom. The molecule has 0 radical (unpaired) electrons. The summed E-state index contributed by atoms with van der Waals surface area (Å²) in [6.07, 6.45) is 6.75. The van der Waals surface area contributed by atoms with Crippen LogP contribution in [0.15, 0.2) is 18.2 Å². The molecule has 120 valence electrons. The number of aliphatic hydroxyl groups excluding tert-OH is 1. The van der Waals surface area contributed by atoms with Crippen LogP contribution in [-0.4, -0.2) is 16.3 Å². The summed E-state index contributed by atoms with van der Waals surface area (Å²) in [6, 6.07) is 6.03. The van der Waals surface area contributed by atoms with Gasteiger partial charge in [-0.15, -0.1) is 0 Å². The molecule has 1 aromatic carbocycles. The third kappa shape index (κ3) is 1.89. The van der Waals surface area contributed by atoms with Crippen LogP contribution in [-0.2, 0) is 6.42 Å². The van der Waals surface area contributed by atoms with E-state index in [0.717, 1.165) is 25.2 Å². The third-order valence-electron chi connectivity index (χ3n) is 7.30. The second kappa shape index (κ2) is 4.99. The largest absolute Gasteiger partial charge is 0.508 e. The van der Waals surface area contributed by atoms with Crippen LogP contribution < -0.4 is 0 Å². The van der Waals surface area contributed by atoms with Crippen molar-refractivity contribution in [3.63, 3.8) is 0 Å². The zero-order valence-corrected chi connectivity index (χ0v) is 13.8. The van der Waals surface area contributed by atoms with Crippen LogP contribution in [0, 0.1) is 23.2 Å². The van der Waals surface area contributed by atoms with Crippen molar-refractivity contribution >= 4 is 0 Å². The average molecular weight is 300 g/mol. The maximum Gasteiger partial charge on any atom is 0.115 e. The van der Waals surface area contributed by atoms with Crippen molar-refractivity contribution in [2.75, 3.05) is 0 Å². The lowest BCUT2D eigenvalue weighted by Gasteiger charge is -2.53. The van der Waals surface area contributed by atoms with Gasteiger partial charge in [-0.05, 0) is 84.5 Å². The molecule has 4 rings (SSSR count). The molecule has 6 unspecified atom stereocenters. The van der Waals surface area contributed by atoms with E-state index in [1.807, 2.05) is 12.1 Å². The van der Waals surface area contributed by atoms with Gasteiger partial charge in [-0.3, -0.25) is 0 Å². The summed E-state index contributed by atoms with van der Waals surface area (Å²) in [5, 5.41) is 20.4. The molecular weight excluding hydrogens is 272 g/mol. The Morgan fingerprint density at radius 3 is 2.82 bits per heavy atom. The van der Waals surface area contributed by atoms with Crippen LogP contribution in [0.3, 0.4) is 0 Å². The summed E-state index contributed by atoms with van der Waals surface area (Å²) in [4.78, 5) is 0. The molecule has 0 bridgehead atoms. The summed E-state index contributed by atoms with van der Waals surface area (Å²) in [5.41, 5.74) is 2.99. The SMILES string of the molecule is CCC1CC2(C)C(O)CCC2C2CCc3cc(O)ccc3C12. The Hall–Kier alpha value is -1.02. The molecule has 0 heterocycles. The van der Waals surface area contributed by atoms with E-state index >= 15 is 0 Å². The molecule has 3 aliphatic rings. The number of hydrogen-bond acceptors (Lipinski definition) is 2. The van der Waals surface area contributed by atoms with Crippen molar-refractivity contribution in [3.8, 4) is 5.75 Å². The first-order valence-corrected chi connectivity index (χ1v) is 9.04. The summed E-state index contributed by atoms with van der Waals surface area (Å²) < 4.78 is 0. The van der Waals surface area contributed by atoms with Gasteiger partial charge in [0.2, 0.25) is 0 Å². The molecule has 0 aliphatic heterocycles. The van der Waals surface area contributed by atoms with Crippen LogP contribution in [0.2, 0.25) is 0 Å². The van der Waals surface area contributed by atoms with Crippen LogP contribution in [0.5, 0.6) is 5.75 Å². The maximum absolute atomic E-state index is 10.6. The molecular formula is C20H28O2. The molecule has 2 N–H and O–H groups in total. The molecule has 2 heteroatoms. The highest BCUT2D eigenvalue weighted by Crippen LogP contribution is 2.63. The predicted octanol–water partition coefficient (Wildman–Crippen LogP) is 4.25. The second-order valence-electron chi connectivity index (χ2n) is 8.19. The Morgan fingerprint density at radius 2 is 2.05 bits per heavy atom. The van der Waals surface area contributed by atoms with Gasteiger partial charge < -0.3 is 10.2 Å². The Labute approximate surface area is 133 Å². The highest BCUT2D eigenvalue weighted by atomic mass is 16.3. The molecule has 6 atom stereocenters. The highest BCUT2D eigenvalue weighted by Gasteiger charge is 2.57. The highest BCUT2D eigenvalue weighted by molar-refractivity contribution is 5.40. The number of rotatable bonds is 1. The van der Waals surface area contributed by atoms with Crippen molar-refractivity contribution in [1.29, 1.82) is 0 Å². The molecule has 0 spiro atoms. The molecule has 2 saturated carbocycles. The molecule has 22 heavy (non-hydrogen) atoms. The van der Waals surface area contributed by atoms with Crippen molar-refractivity contribution < 1.29 is 10.2 Å². The summed E-state index contributed by atoms with van der Waals surface area (Å²) in [7, 11) is 0. The lowest BCUT2D eigenvalue weighted by atomic mass is 9.51. The van der Waals surface area contributed by atoms with E-state index in [2.05, 4.69) is 19.9 Å². The predicted molar refractivity (Wildman–Crippen MR) is 87.9 cm³/mol. The maximum atomic E-state index is 10.6. The fourth-order valence-electron chi connectivity index (χ4n) is 6.25. The number of hydrogen-bond donors (Lipinski definition) is 2. The van der Waals surface area contributed by atoms with Crippen molar-refractivity contribution in [1.82, 2.24) is 0 Å². The minimum absolute atomic E-state index is 0.103. The van der Waals surface area contributed by atoms with E-state index in [-0.39, 0.29) is 11.5 Å². The van der Waals surface area contributed by atoms with Gasteiger partial charge in [0.15, 0.2) is 0 Å². The topological polar surface area (TPSA) is 40.5 Å². The third-order valence-corrected chi connectivity index (χ3v) is 7.30. The van der Waals surface area contributed by atoms with E-state index in [4.69, 9.17) is 0 Å². The van der Waals surface area contributed by atoms with Gasteiger partial charge in [-0.2, -0.15) is 0 Å². The number of phenolic OH excluding ortho intramolecular Hbond substituents is 1. The minimum Gasteiger partial charge on any atom is -0.508 e. The number of aliphatic hydroxyl groups is 1. The monoisotopic (exact) mass is 300 g/mol. The van der Waals surface area contributed by atoms with Crippen molar-refractivity contribution in [2.24, 2.45) is 23.2 Å². The van der Waals surface area contributed by atoms with Crippen LogP contribution >= 0.6 is 0 Å². The molecule has 0 amide bonds. The average Bonchev–Trinajstić information content (AvgIpc) is 2.81. The van der Waals surface area contributed by atoms with Gasteiger partial charge in [0.1, 0.15) is 5.75 Å². The fourth-order valence-corrected chi connectivity index (χ4v) is 6.25. The molecule has 0 aromatic heterocycles. The van der Waals surface area contributed by atoms with Gasteiger partial charge in [-0.25, -0.2) is 0 Å². The molecule has 3 aliphatic carbocycles.